The van der Waals surface area contributed by atoms with Crippen molar-refractivity contribution in [3.63, 3.8) is 0 Å². The Morgan fingerprint density at radius 2 is 2.33 bits per heavy atom. The zero-order valence-corrected chi connectivity index (χ0v) is 10.7. The summed E-state index contributed by atoms with van der Waals surface area (Å²) in [4.78, 5) is 11.5. The first-order chi connectivity index (χ1) is 8.81. The van der Waals surface area contributed by atoms with Crippen molar-refractivity contribution in [2.75, 3.05) is 26.8 Å². The van der Waals surface area contributed by atoms with Gasteiger partial charge in [-0.25, -0.2) is 0 Å². The summed E-state index contributed by atoms with van der Waals surface area (Å²) in [5, 5.41) is 6.39. The predicted molar refractivity (Wildman–Crippen MR) is 70.4 cm³/mol. The predicted octanol–water partition coefficient (Wildman–Crippen LogP) is 1.03. The summed E-state index contributed by atoms with van der Waals surface area (Å²) in [5.74, 6) is 0.0432. The average molecular weight is 248 g/mol. The van der Waals surface area contributed by atoms with Gasteiger partial charge in [0.15, 0.2) is 0 Å². The van der Waals surface area contributed by atoms with E-state index in [0.717, 1.165) is 13.0 Å². The largest absolute Gasteiger partial charge is 0.384 e. The molecule has 0 fully saturated rings. The SMILES string of the molecule is COCCC(=O)NCC1NCCc2ccccc21. The number of nitrogens with one attached hydrogen (secondary N) is 2. The lowest BCUT2D eigenvalue weighted by atomic mass is 9.94. The Morgan fingerprint density at radius 1 is 1.50 bits per heavy atom. The molecule has 0 aromatic heterocycles. The molecule has 1 aromatic rings. The van der Waals surface area contributed by atoms with Gasteiger partial charge in [0.2, 0.25) is 5.91 Å². The number of methoxy groups -OCH3 is 1. The second-order valence-electron chi connectivity index (χ2n) is 4.50. The number of carbonyl (C=O) groups is 1. The van der Waals surface area contributed by atoms with E-state index in [1.807, 2.05) is 6.07 Å². The van der Waals surface area contributed by atoms with Crippen molar-refractivity contribution in [2.45, 2.75) is 18.9 Å². The molecular formula is C14H20N2O2. The molecule has 1 aliphatic heterocycles. The first kappa shape index (κ1) is 13.1. The lowest BCUT2D eigenvalue weighted by Crippen LogP contribution is -2.39. The van der Waals surface area contributed by atoms with Crippen LogP contribution in [0.5, 0.6) is 0 Å². The zero-order chi connectivity index (χ0) is 12.8. The highest BCUT2D eigenvalue weighted by atomic mass is 16.5. The summed E-state index contributed by atoms with van der Waals surface area (Å²) in [7, 11) is 1.60. The molecule has 0 bridgehead atoms. The third-order valence-electron chi connectivity index (χ3n) is 3.25. The number of benzene rings is 1. The molecule has 1 amide bonds. The second-order valence-corrected chi connectivity index (χ2v) is 4.50. The van der Waals surface area contributed by atoms with E-state index in [9.17, 15) is 4.79 Å². The number of hydrogen-bond acceptors (Lipinski definition) is 3. The summed E-state index contributed by atoms with van der Waals surface area (Å²) in [6, 6.07) is 8.63. The molecule has 4 nitrogen and oxygen atoms in total. The smallest absolute Gasteiger partial charge is 0.222 e. The minimum atomic E-state index is 0.0432. The van der Waals surface area contributed by atoms with E-state index in [2.05, 4.69) is 28.8 Å². The van der Waals surface area contributed by atoms with Gasteiger partial charge >= 0.3 is 0 Å². The van der Waals surface area contributed by atoms with Crippen LogP contribution in [0, 0.1) is 0 Å². The van der Waals surface area contributed by atoms with Gasteiger partial charge in [-0.05, 0) is 24.1 Å². The van der Waals surface area contributed by atoms with E-state index >= 15 is 0 Å². The molecule has 1 atom stereocenters. The lowest BCUT2D eigenvalue weighted by molar-refractivity contribution is -0.122. The van der Waals surface area contributed by atoms with Gasteiger partial charge in [0.1, 0.15) is 0 Å². The molecule has 98 valence electrons. The summed E-state index contributed by atoms with van der Waals surface area (Å²) >= 11 is 0. The van der Waals surface area contributed by atoms with E-state index < -0.39 is 0 Å². The molecule has 0 aliphatic carbocycles. The molecule has 0 spiro atoms. The standard InChI is InChI=1S/C14H20N2O2/c1-18-9-7-14(17)16-10-13-12-5-3-2-4-11(12)6-8-15-13/h2-5,13,15H,6-10H2,1H3,(H,16,17). The topological polar surface area (TPSA) is 50.4 Å². The minimum absolute atomic E-state index is 0.0432. The van der Waals surface area contributed by atoms with Gasteiger partial charge in [0, 0.05) is 26.1 Å². The first-order valence-corrected chi connectivity index (χ1v) is 6.38. The van der Waals surface area contributed by atoms with Crippen molar-refractivity contribution in [1.82, 2.24) is 10.6 Å². The molecule has 1 aromatic carbocycles. The Kier molecular flexibility index (Phi) is 4.73. The molecule has 4 heteroatoms. The van der Waals surface area contributed by atoms with Crippen molar-refractivity contribution in [3.8, 4) is 0 Å². The molecule has 1 heterocycles. The molecule has 2 rings (SSSR count). The molecule has 0 saturated carbocycles. The average Bonchev–Trinajstić information content (AvgIpc) is 2.42. The molecule has 1 unspecified atom stereocenters. The summed E-state index contributed by atoms with van der Waals surface area (Å²) in [6.07, 6.45) is 1.48. The van der Waals surface area contributed by atoms with E-state index in [-0.39, 0.29) is 11.9 Å². The Balaban J connectivity index is 1.89. The van der Waals surface area contributed by atoms with Gasteiger partial charge in [-0.1, -0.05) is 24.3 Å². The number of hydrogen-bond donors (Lipinski definition) is 2. The molecule has 2 N–H and O–H groups in total. The van der Waals surface area contributed by atoms with Crippen LogP contribution in [0.3, 0.4) is 0 Å². The number of fused-ring (bicyclic) bond motifs is 1. The van der Waals surface area contributed by atoms with Crippen molar-refractivity contribution < 1.29 is 9.53 Å². The maximum Gasteiger partial charge on any atom is 0.222 e. The fourth-order valence-corrected chi connectivity index (χ4v) is 2.27. The maximum absolute atomic E-state index is 11.5. The highest BCUT2D eigenvalue weighted by Gasteiger charge is 2.19. The van der Waals surface area contributed by atoms with Gasteiger partial charge in [-0.15, -0.1) is 0 Å². The van der Waals surface area contributed by atoms with Crippen LogP contribution in [-0.2, 0) is 16.0 Å². The van der Waals surface area contributed by atoms with Crippen LogP contribution in [0.1, 0.15) is 23.6 Å². The Morgan fingerprint density at radius 3 is 3.17 bits per heavy atom. The Hall–Kier alpha value is -1.39. The number of carbonyl (C=O) groups excluding carboxylic acids is 1. The van der Waals surface area contributed by atoms with E-state index in [1.165, 1.54) is 11.1 Å². The molecule has 0 radical (unpaired) electrons. The van der Waals surface area contributed by atoms with Gasteiger partial charge in [0.25, 0.3) is 0 Å². The zero-order valence-electron chi connectivity index (χ0n) is 10.7. The lowest BCUT2D eigenvalue weighted by Gasteiger charge is -2.27. The van der Waals surface area contributed by atoms with E-state index in [4.69, 9.17) is 4.74 Å². The summed E-state index contributed by atoms with van der Waals surface area (Å²) in [5.41, 5.74) is 2.68. The van der Waals surface area contributed by atoms with Crippen molar-refractivity contribution >= 4 is 5.91 Å². The van der Waals surface area contributed by atoms with Crippen molar-refractivity contribution in [1.29, 1.82) is 0 Å². The van der Waals surface area contributed by atoms with E-state index in [0.29, 0.717) is 19.6 Å². The van der Waals surface area contributed by atoms with Crippen LogP contribution in [0.4, 0.5) is 0 Å². The van der Waals surface area contributed by atoms with Gasteiger partial charge in [-0.3, -0.25) is 4.79 Å². The number of ether oxygens (including phenoxy) is 1. The third kappa shape index (κ3) is 3.31. The molecule has 0 saturated heterocycles. The summed E-state index contributed by atoms with van der Waals surface area (Å²) in [6.45, 7) is 2.08. The normalized spacial score (nSPS) is 18.2. The van der Waals surface area contributed by atoms with Crippen LogP contribution in [0.25, 0.3) is 0 Å². The van der Waals surface area contributed by atoms with Crippen molar-refractivity contribution in [2.24, 2.45) is 0 Å². The number of amides is 1. The molecular weight excluding hydrogens is 228 g/mol. The van der Waals surface area contributed by atoms with Crippen LogP contribution in [-0.4, -0.2) is 32.7 Å². The van der Waals surface area contributed by atoms with Gasteiger partial charge < -0.3 is 15.4 Å². The Labute approximate surface area is 108 Å². The second kappa shape index (κ2) is 6.52. The van der Waals surface area contributed by atoms with Crippen molar-refractivity contribution in [3.05, 3.63) is 35.4 Å². The third-order valence-corrected chi connectivity index (χ3v) is 3.25. The minimum Gasteiger partial charge on any atom is -0.384 e. The van der Waals surface area contributed by atoms with Crippen LogP contribution < -0.4 is 10.6 Å². The van der Waals surface area contributed by atoms with E-state index in [1.54, 1.807) is 7.11 Å². The molecule has 18 heavy (non-hydrogen) atoms. The fraction of sp³-hybridized carbons (Fsp3) is 0.500. The highest BCUT2D eigenvalue weighted by molar-refractivity contribution is 5.76. The molecule has 1 aliphatic rings. The van der Waals surface area contributed by atoms with Gasteiger partial charge in [0.05, 0.1) is 6.61 Å². The quantitative estimate of drug-likeness (QED) is 0.818. The number of rotatable bonds is 5. The monoisotopic (exact) mass is 248 g/mol. The van der Waals surface area contributed by atoms with Gasteiger partial charge in [-0.2, -0.15) is 0 Å². The van der Waals surface area contributed by atoms with Crippen LogP contribution >= 0.6 is 0 Å². The highest BCUT2D eigenvalue weighted by Crippen LogP contribution is 2.21. The van der Waals surface area contributed by atoms with Crippen LogP contribution in [0.15, 0.2) is 24.3 Å². The summed E-state index contributed by atoms with van der Waals surface area (Å²) < 4.78 is 4.88. The Bertz CT molecular complexity index is 407. The first-order valence-electron chi connectivity index (χ1n) is 6.38. The van der Waals surface area contributed by atoms with Crippen LogP contribution in [0.2, 0.25) is 0 Å². The maximum atomic E-state index is 11.5. The fourth-order valence-electron chi connectivity index (χ4n) is 2.27.